The van der Waals surface area contributed by atoms with E-state index in [0.29, 0.717) is 13.0 Å². The summed E-state index contributed by atoms with van der Waals surface area (Å²) in [7, 11) is -1.60. The number of nitrogens with zero attached hydrogens (tertiary/aromatic N) is 1. The molecule has 1 saturated carbocycles. The number of likely N-dealkylation sites (N-methyl/N-ethyl adjacent to an activating group) is 1. The Kier molecular flexibility index (Phi) is 8.09. The van der Waals surface area contributed by atoms with Gasteiger partial charge in [-0.3, -0.25) is 0 Å². The lowest BCUT2D eigenvalue weighted by Gasteiger charge is -2.28. The number of benzene rings is 1. The molecule has 1 saturated heterocycles. The standard InChI is InChI=1S/C17H26ClN3O2S.2ClH/c1-14(12-21(2)15-6-4-3-5-7-15)20-24(22,23)17(18)13-16(17)8-10-19-11-9-16;;/h3-7,14,19-20H,8-13H2,1-2H3;2*1H. The quantitative estimate of drug-likeness (QED) is 0.662. The first-order chi connectivity index (χ1) is 11.3. The summed E-state index contributed by atoms with van der Waals surface area (Å²) in [6, 6.07) is 9.71. The molecule has 150 valence electrons. The van der Waals surface area contributed by atoms with Crippen molar-refractivity contribution in [1.82, 2.24) is 10.0 Å². The molecule has 1 spiro atoms. The van der Waals surface area contributed by atoms with Gasteiger partial charge in [0.2, 0.25) is 10.0 Å². The molecule has 1 aromatic rings. The predicted molar refractivity (Wildman–Crippen MR) is 113 cm³/mol. The lowest BCUT2D eigenvalue weighted by atomic mass is 9.95. The average Bonchev–Trinajstić information content (AvgIpc) is 3.13. The van der Waals surface area contributed by atoms with Crippen LogP contribution < -0.4 is 14.9 Å². The van der Waals surface area contributed by atoms with Crippen LogP contribution in [-0.4, -0.2) is 45.3 Å². The second kappa shape index (κ2) is 8.84. The van der Waals surface area contributed by atoms with E-state index in [0.717, 1.165) is 31.6 Å². The Morgan fingerprint density at radius 2 is 1.81 bits per heavy atom. The zero-order chi connectivity index (χ0) is 17.4. The van der Waals surface area contributed by atoms with Crippen LogP contribution >= 0.6 is 36.4 Å². The van der Waals surface area contributed by atoms with Crippen molar-refractivity contribution in [3.8, 4) is 0 Å². The number of para-hydroxylation sites is 1. The van der Waals surface area contributed by atoms with Gasteiger partial charge in [-0.15, -0.1) is 24.8 Å². The SMILES string of the molecule is CC(CN(C)c1ccccc1)NS(=O)(=O)C1(Cl)CC12CCNCC2.Cl.Cl. The molecule has 26 heavy (non-hydrogen) atoms. The Balaban J connectivity index is 0.00000169. The van der Waals surface area contributed by atoms with Crippen LogP contribution in [0.25, 0.3) is 0 Å². The Labute approximate surface area is 174 Å². The van der Waals surface area contributed by atoms with Crippen molar-refractivity contribution in [2.75, 3.05) is 31.6 Å². The summed E-state index contributed by atoms with van der Waals surface area (Å²) in [6.07, 6.45) is 2.21. The number of piperidine rings is 1. The smallest absolute Gasteiger partial charge is 0.232 e. The van der Waals surface area contributed by atoms with Gasteiger partial charge in [0.05, 0.1) is 0 Å². The molecule has 1 aliphatic heterocycles. The summed E-state index contributed by atoms with van der Waals surface area (Å²) in [5.74, 6) is 0. The number of halogens is 3. The molecule has 0 amide bonds. The van der Waals surface area contributed by atoms with Crippen molar-refractivity contribution in [2.45, 2.75) is 36.4 Å². The molecule has 1 aromatic carbocycles. The third-order valence-corrected chi connectivity index (χ3v) is 8.61. The molecule has 0 aromatic heterocycles. The molecule has 2 N–H and O–H groups in total. The predicted octanol–water partition coefficient (Wildman–Crippen LogP) is 2.98. The monoisotopic (exact) mass is 443 g/mol. The third kappa shape index (κ3) is 4.42. The van der Waals surface area contributed by atoms with Crippen molar-refractivity contribution in [3.63, 3.8) is 0 Å². The first-order valence-corrected chi connectivity index (χ1v) is 10.3. The van der Waals surface area contributed by atoms with Gasteiger partial charge in [0.1, 0.15) is 0 Å². The molecule has 1 heterocycles. The van der Waals surface area contributed by atoms with Gasteiger partial charge in [-0.25, -0.2) is 13.1 Å². The highest BCUT2D eigenvalue weighted by molar-refractivity contribution is 7.92. The van der Waals surface area contributed by atoms with Gasteiger partial charge in [-0.05, 0) is 51.4 Å². The summed E-state index contributed by atoms with van der Waals surface area (Å²) in [5.41, 5.74) is 0.807. The molecule has 3 rings (SSSR count). The zero-order valence-corrected chi connectivity index (χ0v) is 18.3. The van der Waals surface area contributed by atoms with Crippen molar-refractivity contribution in [3.05, 3.63) is 30.3 Å². The van der Waals surface area contributed by atoms with Crippen molar-refractivity contribution in [2.24, 2.45) is 5.41 Å². The molecular weight excluding hydrogens is 417 g/mol. The Morgan fingerprint density at radius 3 is 2.38 bits per heavy atom. The maximum Gasteiger partial charge on any atom is 0.232 e. The Bertz CT molecular complexity index is 684. The maximum absolute atomic E-state index is 12.8. The van der Waals surface area contributed by atoms with Crippen LogP contribution in [0.4, 0.5) is 5.69 Å². The third-order valence-electron chi connectivity index (χ3n) is 5.32. The highest BCUT2D eigenvalue weighted by Crippen LogP contribution is 2.68. The number of alkyl halides is 1. The van der Waals surface area contributed by atoms with Crippen LogP contribution in [0.1, 0.15) is 26.2 Å². The van der Waals surface area contributed by atoms with Crippen LogP contribution in [0.3, 0.4) is 0 Å². The summed E-state index contributed by atoms with van der Waals surface area (Å²) in [5, 5.41) is 3.27. The topological polar surface area (TPSA) is 61.4 Å². The van der Waals surface area contributed by atoms with Gasteiger partial charge >= 0.3 is 0 Å². The zero-order valence-electron chi connectivity index (χ0n) is 15.1. The first-order valence-electron chi connectivity index (χ1n) is 8.47. The molecule has 2 fully saturated rings. The minimum Gasteiger partial charge on any atom is -0.373 e. The molecule has 9 heteroatoms. The highest BCUT2D eigenvalue weighted by Gasteiger charge is 2.73. The molecule has 5 nitrogen and oxygen atoms in total. The lowest BCUT2D eigenvalue weighted by molar-refractivity contribution is 0.346. The fourth-order valence-corrected chi connectivity index (χ4v) is 6.43. The Morgan fingerprint density at radius 1 is 1.23 bits per heavy atom. The van der Waals surface area contributed by atoms with Gasteiger partial charge in [0.15, 0.2) is 4.21 Å². The minimum absolute atomic E-state index is 0. The van der Waals surface area contributed by atoms with E-state index < -0.39 is 14.2 Å². The second-order valence-corrected chi connectivity index (χ2v) is 9.98. The number of rotatable bonds is 6. The van der Waals surface area contributed by atoms with Crippen LogP contribution in [0, 0.1) is 5.41 Å². The second-order valence-electron chi connectivity index (χ2n) is 7.17. The number of anilines is 1. The van der Waals surface area contributed by atoms with E-state index in [-0.39, 0.29) is 36.3 Å². The normalized spacial score (nSPS) is 24.9. The molecule has 2 aliphatic rings. The van der Waals surface area contributed by atoms with Crippen molar-refractivity contribution >= 4 is 52.1 Å². The van der Waals surface area contributed by atoms with E-state index >= 15 is 0 Å². The van der Waals surface area contributed by atoms with E-state index in [1.54, 1.807) is 0 Å². The number of hydrogen-bond acceptors (Lipinski definition) is 4. The number of sulfonamides is 1. The summed E-state index contributed by atoms with van der Waals surface area (Å²) < 4.78 is 27.3. The minimum atomic E-state index is -3.56. The summed E-state index contributed by atoms with van der Waals surface area (Å²) in [6.45, 7) is 4.16. The largest absolute Gasteiger partial charge is 0.373 e. The molecule has 2 unspecified atom stereocenters. The Hall–Kier alpha value is -0.240. The van der Waals surface area contributed by atoms with E-state index in [1.807, 2.05) is 49.2 Å². The number of nitrogens with one attached hydrogen (secondary N) is 2. The lowest BCUT2D eigenvalue weighted by Crippen LogP contribution is -2.46. The fourth-order valence-electron chi connectivity index (χ4n) is 3.82. The molecule has 0 radical (unpaired) electrons. The first kappa shape index (κ1) is 23.8. The van der Waals surface area contributed by atoms with E-state index in [2.05, 4.69) is 10.0 Å². The van der Waals surface area contributed by atoms with Crippen LogP contribution in [0.5, 0.6) is 0 Å². The van der Waals surface area contributed by atoms with Gasteiger partial charge in [0.25, 0.3) is 0 Å². The number of hydrogen-bond donors (Lipinski definition) is 2. The van der Waals surface area contributed by atoms with Gasteiger partial charge in [-0.2, -0.15) is 0 Å². The van der Waals surface area contributed by atoms with Crippen LogP contribution in [0.2, 0.25) is 0 Å². The average molecular weight is 445 g/mol. The van der Waals surface area contributed by atoms with Crippen LogP contribution in [-0.2, 0) is 10.0 Å². The van der Waals surface area contributed by atoms with E-state index in [9.17, 15) is 8.42 Å². The molecule has 2 atom stereocenters. The van der Waals surface area contributed by atoms with E-state index in [1.165, 1.54) is 0 Å². The van der Waals surface area contributed by atoms with Crippen LogP contribution in [0.15, 0.2) is 30.3 Å². The van der Waals surface area contributed by atoms with Crippen molar-refractivity contribution in [1.29, 1.82) is 0 Å². The van der Waals surface area contributed by atoms with Gasteiger partial charge in [0, 0.05) is 30.7 Å². The highest BCUT2D eigenvalue weighted by atomic mass is 35.5. The summed E-state index contributed by atoms with van der Waals surface area (Å²) >= 11 is 6.58. The van der Waals surface area contributed by atoms with E-state index in [4.69, 9.17) is 11.6 Å². The van der Waals surface area contributed by atoms with Crippen molar-refractivity contribution < 1.29 is 8.42 Å². The fraction of sp³-hybridized carbons (Fsp3) is 0.647. The van der Waals surface area contributed by atoms with Gasteiger partial charge < -0.3 is 10.2 Å². The molecule has 1 aliphatic carbocycles. The maximum atomic E-state index is 12.8. The molecular formula is C17H28Cl3N3O2S. The van der Waals surface area contributed by atoms with Gasteiger partial charge in [-0.1, -0.05) is 29.8 Å². The summed E-state index contributed by atoms with van der Waals surface area (Å²) in [4.78, 5) is 2.04. The molecule has 0 bridgehead atoms.